The van der Waals surface area contributed by atoms with Crippen LogP contribution in [0.3, 0.4) is 0 Å². The van der Waals surface area contributed by atoms with Crippen molar-refractivity contribution in [2.45, 2.75) is 26.1 Å². The van der Waals surface area contributed by atoms with Gasteiger partial charge in [-0.2, -0.15) is 13.2 Å². The lowest BCUT2D eigenvalue weighted by atomic mass is 10.0. The number of halogens is 3. The predicted molar refractivity (Wildman–Crippen MR) is 90.2 cm³/mol. The van der Waals surface area contributed by atoms with Crippen LogP contribution < -0.4 is 0 Å². The maximum atomic E-state index is 13.0. The van der Waals surface area contributed by atoms with Crippen LogP contribution in [0.1, 0.15) is 29.8 Å². The second-order valence-electron chi connectivity index (χ2n) is 6.33. The van der Waals surface area contributed by atoms with E-state index in [4.69, 9.17) is 4.74 Å². The van der Waals surface area contributed by atoms with Gasteiger partial charge in [-0.05, 0) is 31.5 Å². The second kappa shape index (κ2) is 7.14. The van der Waals surface area contributed by atoms with Crippen LogP contribution >= 0.6 is 0 Å². The first-order valence-electron chi connectivity index (χ1n) is 8.32. The van der Waals surface area contributed by atoms with E-state index in [1.165, 1.54) is 0 Å². The van der Waals surface area contributed by atoms with Crippen LogP contribution in [0.2, 0.25) is 0 Å². The average Bonchev–Trinajstić information content (AvgIpc) is 2.61. The maximum Gasteiger partial charge on any atom is 0.416 e. The van der Waals surface area contributed by atoms with Crippen molar-refractivity contribution in [1.29, 1.82) is 0 Å². The number of ether oxygens (including phenoxy) is 1. The SMILES string of the molecule is Cc1cc(C(F)(F)F)cc(-c2ccc([C@@H](C)N3CCOCC3)cc2)n1. The third-order valence-electron chi connectivity index (χ3n) is 4.56. The van der Waals surface area contributed by atoms with Gasteiger partial charge in [0, 0.05) is 30.4 Å². The highest BCUT2D eigenvalue weighted by molar-refractivity contribution is 5.61. The summed E-state index contributed by atoms with van der Waals surface area (Å²) in [5.41, 5.74) is 1.86. The van der Waals surface area contributed by atoms with Gasteiger partial charge in [-0.15, -0.1) is 0 Å². The molecule has 0 N–H and O–H groups in total. The van der Waals surface area contributed by atoms with E-state index in [-0.39, 0.29) is 6.04 Å². The Hall–Kier alpha value is -1.92. The molecular weight excluding hydrogens is 329 g/mol. The summed E-state index contributed by atoms with van der Waals surface area (Å²) in [6.07, 6.45) is -4.37. The molecule has 1 fully saturated rings. The summed E-state index contributed by atoms with van der Waals surface area (Å²) in [5, 5.41) is 0. The smallest absolute Gasteiger partial charge is 0.379 e. The number of morpholine rings is 1. The molecule has 1 aromatic heterocycles. The molecule has 0 bridgehead atoms. The van der Waals surface area contributed by atoms with Crippen LogP contribution in [-0.4, -0.2) is 36.2 Å². The van der Waals surface area contributed by atoms with Crippen LogP contribution in [0.15, 0.2) is 36.4 Å². The number of aryl methyl sites for hydroxylation is 1. The molecule has 0 spiro atoms. The highest BCUT2D eigenvalue weighted by Gasteiger charge is 2.31. The number of nitrogens with zero attached hydrogens (tertiary/aromatic N) is 2. The molecule has 25 heavy (non-hydrogen) atoms. The minimum absolute atomic E-state index is 0.245. The highest BCUT2D eigenvalue weighted by atomic mass is 19.4. The maximum absolute atomic E-state index is 13.0. The molecule has 1 aliphatic heterocycles. The van der Waals surface area contributed by atoms with Crippen molar-refractivity contribution < 1.29 is 17.9 Å². The van der Waals surface area contributed by atoms with Crippen molar-refractivity contribution in [2.24, 2.45) is 0 Å². The van der Waals surface area contributed by atoms with Crippen LogP contribution in [-0.2, 0) is 10.9 Å². The average molecular weight is 350 g/mol. The molecule has 2 aromatic rings. The van der Waals surface area contributed by atoms with Crippen LogP contribution in [0.4, 0.5) is 13.2 Å². The minimum atomic E-state index is -4.37. The first-order valence-corrected chi connectivity index (χ1v) is 8.32. The van der Waals surface area contributed by atoms with E-state index in [2.05, 4.69) is 16.8 Å². The Morgan fingerprint density at radius 2 is 1.72 bits per heavy atom. The number of aromatic nitrogens is 1. The standard InChI is InChI=1S/C19H21F3N2O/c1-13-11-17(19(20,21)22)12-18(23-13)16-5-3-15(4-6-16)14(2)24-7-9-25-10-8-24/h3-6,11-12,14H,7-10H2,1-2H3/t14-/m1/s1. The molecule has 1 aromatic carbocycles. The van der Waals surface area contributed by atoms with Crippen molar-refractivity contribution >= 4 is 0 Å². The van der Waals surface area contributed by atoms with E-state index in [1.807, 2.05) is 24.3 Å². The van der Waals surface area contributed by atoms with Crippen molar-refractivity contribution in [1.82, 2.24) is 9.88 Å². The fraction of sp³-hybridized carbons (Fsp3) is 0.421. The van der Waals surface area contributed by atoms with Gasteiger partial charge in [0.1, 0.15) is 0 Å². The zero-order chi connectivity index (χ0) is 18.0. The van der Waals surface area contributed by atoms with Gasteiger partial charge in [0.15, 0.2) is 0 Å². The number of hydrogen-bond donors (Lipinski definition) is 0. The fourth-order valence-corrected chi connectivity index (χ4v) is 3.09. The van der Waals surface area contributed by atoms with Gasteiger partial charge < -0.3 is 4.74 Å². The Morgan fingerprint density at radius 3 is 2.32 bits per heavy atom. The van der Waals surface area contributed by atoms with E-state index >= 15 is 0 Å². The van der Waals surface area contributed by atoms with E-state index in [0.717, 1.165) is 44.0 Å². The zero-order valence-electron chi connectivity index (χ0n) is 14.3. The Balaban J connectivity index is 1.84. The quantitative estimate of drug-likeness (QED) is 0.817. The summed E-state index contributed by atoms with van der Waals surface area (Å²) >= 11 is 0. The third-order valence-corrected chi connectivity index (χ3v) is 4.56. The molecule has 3 nitrogen and oxygen atoms in total. The van der Waals surface area contributed by atoms with Crippen molar-refractivity contribution in [3.63, 3.8) is 0 Å². The molecule has 3 rings (SSSR count). The molecule has 1 atom stereocenters. The largest absolute Gasteiger partial charge is 0.416 e. The normalized spacial score (nSPS) is 17.5. The predicted octanol–water partition coefficient (Wildman–Crippen LogP) is 4.47. The molecular formula is C19H21F3N2O. The molecule has 1 aliphatic rings. The molecule has 0 saturated carbocycles. The Kier molecular flexibility index (Phi) is 5.11. The van der Waals surface area contributed by atoms with Gasteiger partial charge in [-0.25, -0.2) is 0 Å². The first kappa shape index (κ1) is 17.9. The molecule has 6 heteroatoms. The monoisotopic (exact) mass is 350 g/mol. The van der Waals surface area contributed by atoms with Crippen molar-refractivity contribution in [3.05, 3.63) is 53.2 Å². The van der Waals surface area contributed by atoms with Gasteiger partial charge >= 0.3 is 6.18 Å². The van der Waals surface area contributed by atoms with Gasteiger partial charge in [0.05, 0.1) is 24.5 Å². The fourth-order valence-electron chi connectivity index (χ4n) is 3.09. The number of benzene rings is 1. The summed E-state index contributed by atoms with van der Waals surface area (Å²) in [6.45, 7) is 6.95. The Bertz CT molecular complexity index is 722. The lowest BCUT2D eigenvalue weighted by molar-refractivity contribution is -0.137. The Morgan fingerprint density at radius 1 is 1.08 bits per heavy atom. The van der Waals surface area contributed by atoms with Crippen molar-refractivity contribution in [3.8, 4) is 11.3 Å². The summed E-state index contributed by atoms with van der Waals surface area (Å²) in [5.74, 6) is 0. The van der Waals surface area contributed by atoms with Gasteiger partial charge in [-0.1, -0.05) is 24.3 Å². The lowest BCUT2D eigenvalue weighted by Gasteiger charge is -2.32. The van der Waals surface area contributed by atoms with Crippen LogP contribution in [0, 0.1) is 6.92 Å². The van der Waals surface area contributed by atoms with Crippen molar-refractivity contribution in [2.75, 3.05) is 26.3 Å². The molecule has 1 saturated heterocycles. The highest BCUT2D eigenvalue weighted by Crippen LogP contribution is 2.32. The van der Waals surface area contributed by atoms with Crippen LogP contribution in [0.25, 0.3) is 11.3 Å². The molecule has 0 radical (unpaired) electrons. The number of alkyl halides is 3. The van der Waals surface area contributed by atoms with Gasteiger partial charge in [0.2, 0.25) is 0 Å². The van der Waals surface area contributed by atoms with Gasteiger partial charge in [0.25, 0.3) is 0 Å². The molecule has 0 aliphatic carbocycles. The van der Waals surface area contributed by atoms with Crippen LogP contribution in [0.5, 0.6) is 0 Å². The molecule has 0 unspecified atom stereocenters. The van der Waals surface area contributed by atoms with E-state index in [1.54, 1.807) is 6.92 Å². The third kappa shape index (κ3) is 4.19. The summed E-state index contributed by atoms with van der Waals surface area (Å²) in [4.78, 5) is 6.59. The van der Waals surface area contributed by atoms with Gasteiger partial charge in [-0.3, -0.25) is 9.88 Å². The lowest BCUT2D eigenvalue weighted by Crippen LogP contribution is -2.37. The van der Waals surface area contributed by atoms with E-state index in [0.29, 0.717) is 17.0 Å². The summed E-state index contributed by atoms with van der Waals surface area (Å²) < 4.78 is 44.4. The summed E-state index contributed by atoms with van der Waals surface area (Å²) in [7, 11) is 0. The molecule has 2 heterocycles. The van der Waals surface area contributed by atoms with E-state index in [9.17, 15) is 13.2 Å². The van der Waals surface area contributed by atoms with E-state index < -0.39 is 11.7 Å². The second-order valence-corrected chi connectivity index (χ2v) is 6.33. The molecule has 0 amide bonds. The minimum Gasteiger partial charge on any atom is -0.379 e. The zero-order valence-corrected chi connectivity index (χ0v) is 14.3. The number of rotatable bonds is 3. The number of hydrogen-bond acceptors (Lipinski definition) is 3. The topological polar surface area (TPSA) is 25.4 Å². The summed E-state index contributed by atoms with van der Waals surface area (Å²) in [6, 6.07) is 10.0. The molecule has 134 valence electrons. The first-order chi connectivity index (χ1) is 11.8. The Labute approximate surface area is 145 Å². The number of pyridine rings is 1.